The van der Waals surface area contributed by atoms with E-state index in [1.807, 2.05) is 0 Å². The molecule has 0 amide bonds. The van der Waals surface area contributed by atoms with Gasteiger partial charge in [-0.1, -0.05) is 13.3 Å². The van der Waals surface area contributed by atoms with Crippen LogP contribution in [0.15, 0.2) is 18.2 Å². The molecule has 1 saturated heterocycles. The lowest BCUT2D eigenvalue weighted by atomic mass is 9.94. The predicted molar refractivity (Wildman–Crippen MR) is 73.0 cm³/mol. The van der Waals surface area contributed by atoms with Crippen LogP contribution in [0.1, 0.15) is 36.5 Å². The maximum Gasteiger partial charge on any atom is 0.335 e. The summed E-state index contributed by atoms with van der Waals surface area (Å²) in [5.41, 5.74) is 7.78. The predicted octanol–water partition coefficient (Wildman–Crippen LogP) is 2.59. The van der Waals surface area contributed by atoms with Gasteiger partial charge in [-0.3, -0.25) is 0 Å². The van der Waals surface area contributed by atoms with E-state index < -0.39 is 5.97 Å². The Balaban J connectivity index is 2.18. The van der Waals surface area contributed by atoms with E-state index in [0.717, 1.165) is 37.5 Å². The van der Waals surface area contributed by atoms with Gasteiger partial charge in [0.1, 0.15) is 0 Å². The van der Waals surface area contributed by atoms with Gasteiger partial charge in [0.05, 0.1) is 16.9 Å². The number of nitrogens with zero attached hydrogens (tertiary/aromatic N) is 1. The van der Waals surface area contributed by atoms with Crippen molar-refractivity contribution in [2.45, 2.75) is 26.2 Å². The Bertz CT molecular complexity index is 437. The Morgan fingerprint density at radius 1 is 1.44 bits per heavy atom. The molecule has 18 heavy (non-hydrogen) atoms. The second-order valence-corrected chi connectivity index (χ2v) is 4.92. The Kier molecular flexibility index (Phi) is 3.75. The van der Waals surface area contributed by atoms with Gasteiger partial charge in [-0.2, -0.15) is 0 Å². The molecule has 4 nitrogen and oxygen atoms in total. The van der Waals surface area contributed by atoms with E-state index in [-0.39, 0.29) is 0 Å². The lowest BCUT2D eigenvalue weighted by Crippen LogP contribution is -2.34. The number of nitrogen functional groups attached to an aromatic ring is 1. The molecule has 1 heterocycles. The molecule has 0 bridgehead atoms. The number of anilines is 2. The minimum Gasteiger partial charge on any atom is -0.478 e. The molecule has 2 rings (SSSR count). The van der Waals surface area contributed by atoms with Crippen molar-refractivity contribution in [2.75, 3.05) is 23.7 Å². The van der Waals surface area contributed by atoms with Crippen LogP contribution in [0.5, 0.6) is 0 Å². The first-order valence-corrected chi connectivity index (χ1v) is 6.49. The fourth-order valence-corrected chi connectivity index (χ4v) is 2.53. The first-order chi connectivity index (χ1) is 8.61. The van der Waals surface area contributed by atoms with Gasteiger partial charge in [-0.15, -0.1) is 0 Å². The number of nitrogens with two attached hydrogens (primary N) is 1. The molecule has 1 fully saturated rings. The van der Waals surface area contributed by atoms with Crippen molar-refractivity contribution in [2.24, 2.45) is 5.92 Å². The average molecular weight is 248 g/mol. The van der Waals surface area contributed by atoms with E-state index >= 15 is 0 Å². The smallest absolute Gasteiger partial charge is 0.335 e. The molecule has 0 aliphatic carbocycles. The van der Waals surface area contributed by atoms with Crippen molar-refractivity contribution < 1.29 is 9.90 Å². The van der Waals surface area contributed by atoms with Crippen LogP contribution in [0, 0.1) is 5.92 Å². The maximum atomic E-state index is 11.0. The van der Waals surface area contributed by atoms with E-state index in [9.17, 15) is 4.79 Å². The molecular formula is C14H20N2O2. The largest absolute Gasteiger partial charge is 0.478 e. The highest BCUT2D eigenvalue weighted by Crippen LogP contribution is 2.29. The van der Waals surface area contributed by atoms with Crippen LogP contribution in [0.4, 0.5) is 11.4 Å². The molecule has 1 aliphatic rings. The molecule has 98 valence electrons. The molecule has 1 aromatic carbocycles. The van der Waals surface area contributed by atoms with E-state index in [1.165, 1.54) is 6.42 Å². The van der Waals surface area contributed by atoms with Crippen LogP contribution < -0.4 is 10.6 Å². The van der Waals surface area contributed by atoms with Crippen molar-refractivity contribution in [1.82, 2.24) is 0 Å². The summed E-state index contributed by atoms with van der Waals surface area (Å²) in [5.74, 6) is -0.107. The Morgan fingerprint density at radius 2 is 2.11 bits per heavy atom. The van der Waals surface area contributed by atoms with Crippen LogP contribution in [0.2, 0.25) is 0 Å². The second-order valence-electron chi connectivity index (χ2n) is 4.92. The zero-order valence-electron chi connectivity index (χ0n) is 10.7. The standard InChI is InChI=1S/C14H20N2O2/c1-2-10-5-7-16(8-6-10)13-9-11(14(17)18)3-4-12(13)15/h3-4,9-10H,2,5-8,15H2,1H3,(H,17,18). The van der Waals surface area contributed by atoms with Crippen molar-refractivity contribution >= 4 is 17.3 Å². The number of hydrogen-bond acceptors (Lipinski definition) is 3. The van der Waals surface area contributed by atoms with E-state index in [4.69, 9.17) is 10.8 Å². The van der Waals surface area contributed by atoms with Gasteiger partial charge in [0.25, 0.3) is 0 Å². The van der Waals surface area contributed by atoms with Crippen molar-refractivity contribution in [3.8, 4) is 0 Å². The summed E-state index contributed by atoms with van der Waals surface area (Å²) in [4.78, 5) is 13.2. The third-order valence-corrected chi connectivity index (χ3v) is 3.81. The SMILES string of the molecule is CCC1CCN(c2cc(C(=O)O)ccc2N)CC1. The monoisotopic (exact) mass is 248 g/mol. The molecule has 0 spiro atoms. The van der Waals surface area contributed by atoms with Crippen LogP contribution in [0.25, 0.3) is 0 Å². The summed E-state index contributed by atoms with van der Waals surface area (Å²) in [6.07, 6.45) is 3.54. The van der Waals surface area contributed by atoms with Gasteiger partial charge in [0.2, 0.25) is 0 Å². The molecule has 4 heteroatoms. The number of hydrogen-bond donors (Lipinski definition) is 2. The summed E-state index contributed by atoms with van der Waals surface area (Å²) in [5, 5.41) is 9.02. The highest BCUT2D eigenvalue weighted by molar-refractivity contribution is 5.90. The fraction of sp³-hybridized carbons (Fsp3) is 0.500. The number of rotatable bonds is 3. The Hall–Kier alpha value is -1.71. The summed E-state index contributed by atoms with van der Waals surface area (Å²) >= 11 is 0. The zero-order valence-corrected chi connectivity index (χ0v) is 10.7. The molecule has 0 saturated carbocycles. The molecule has 3 N–H and O–H groups in total. The maximum absolute atomic E-state index is 11.0. The van der Waals surface area contributed by atoms with Gasteiger partial charge in [0.15, 0.2) is 0 Å². The molecule has 0 atom stereocenters. The normalized spacial score (nSPS) is 16.8. The lowest BCUT2D eigenvalue weighted by molar-refractivity contribution is 0.0697. The number of aromatic carboxylic acids is 1. The van der Waals surface area contributed by atoms with Crippen LogP contribution in [0.3, 0.4) is 0 Å². The number of benzene rings is 1. The van der Waals surface area contributed by atoms with E-state index in [0.29, 0.717) is 11.3 Å². The molecule has 0 unspecified atom stereocenters. The first kappa shape index (κ1) is 12.7. The van der Waals surface area contributed by atoms with Crippen LogP contribution >= 0.6 is 0 Å². The zero-order chi connectivity index (χ0) is 13.1. The van der Waals surface area contributed by atoms with Gasteiger partial charge in [-0.05, 0) is 37.0 Å². The van der Waals surface area contributed by atoms with Gasteiger partial charge >= 0.3 is 5.97 Å². The Labute approximate surface area is 107 Å². The first-order valence-electron chi connectivity index (χ1n) is 6.49. The third kappa shape index (κ3) is 2.58. The summed E-state index contributed by atoms with van der Waals surface area (Å²) in [6.45, 7) is 4.15. The quantitative estimate of drug-likeness (QED) is 0.807. The number of carboxylic acid groups (broad SMARTS) is 1. The van der Waals surface area contributed by atoms with Crippen LogP contribution in [-0.4, -0.2) is 24.2 Å². The minimum atomic E-state index is -0.903. The van der Waals surface area contributed by atoms with Crippen molar-refractivity contribution in [3.05, 3.63) is 23.8 Å². The number of piperidine rings is 1. The van der Waals surface area contributed by atoms with E-state index in [2.05, 4.69) is 11.8 Å². The minimum absolute atomic E-state index is 0.303. The Morgan fingerprint density at radius 3 is 2.67 bits per heavy atom. The number of carboxylic acids is 1. The van der Waals surface area contributed by atoms with E-state index in [1.54, 1.807) is 18.2 Å². The molecule has 0 aromatic heterocycles. The van der Waals surface area contributed by atoms with Crippen molar-refractivity contribution in [3.63, 3.8) is 0 Å². The second kappa shape index (κ2) is 5.29. The molecular weight excluding hydrogens is 228 g/mol. The average Bonchev–Trinajstić information content (AvgIpc) is 2.39. The summed E-state index contributed by atoms with van der Waals surface area (Å²) in [6, 6.07) is 4.93. The lowest BCUT2D eigenvalue weighted by Gasteiger charge is -2.34. The van der Waals surface area contributed by atoms with Gasteiger partial charge in [-0.25, -0.2) is 4.79 Å². The van der Waals surface area contributed by atoms with Gasteiger partial charge < -0.3 is 15.7 Å². The highest BCUT2D eigenvalue weighted by Gasteiger charge is 2.20. The van der Waals surface area contributed by atoms with Crippen LogP contribution in [-0.2, 0) is 0 Å². The third-order valence-electron chi connectivity index (χ3n) is 3.81. The number of carbonyl (C=O) groups is 1. The molecule has 1 aromatic rings. The summed E-state index contributed by atoms with van der Waals surface area (Å²) < 4.78 is 0. The topological polar surface area (TPSA) is 66.6 Å². The fourth-order valence-electron chi connectivity index (χ4n) is 2.53. The molecule has 0 radical (unpaired) electrons. The van der Waals surface area contributed by atoms with Gasteiger partial charge in [0, 0.05) is 13.1 Å². The summed E-state index contributed by atoms with van der Waals surface area (Å²) in [7, 11) is 0. The van der Waals surface area contributed by atoms with Crippen molar-refractivity contribution in [1.29, 1.82) is 0 Å². The molecule has 1 aliphatic heterocycles. The highest BCUT2D eigenvalue weighted by atomic mass is 16.4.